The van der Waals surface area contributed by atoms with Crippen LogP contribution in [0.4, 0.5) is 5.69 Å². The summed E-state index contributed by atoms with van der Waals surface area (Å²) in [4.78, 5) is 12.8. The second kappa shape index (κ2) is 8.10. The van der Waals surface area contributed by atoms with Crippen molar-refractivity contribution in [2.45, 2.75) is 38.6 Å². The highest BCUT2D eigenvalue weighted by Crippen LogP contribution is 2.17. The molecule has 1 N–H and O–H groups in total. The van der Waals surface area contributed by atoms with Gasteiger partial charge in [0.05, 0.1) is 4.92 Å². The van der Waals surface area contributed by atoms with Crippen molar-refractivity contribution < 1.29 is 4.92 Å². The van der Waals surface area contributed by atoms with Crippen molar-refractivity contribution in [2.75, 3.05) is 26.2 Å². The van der Waals surface area contributed by atoms with Gasteiger partial charge in [-0.3, -0.25) is 10.1 Å². The molecule has 1 saturated heterocycles. The number of nitrogens with zero attached hydrogens (tertiary/aromatic N) is 2. The van der Waals surface area contributed by atoms with Crippen LogP contribution in [0.15, 0.2) is 24.3 Å². The maximum absolute atomic E-state index is 10.6. The molecule has 1 aromatic rings. The average Bonchev–Trinajstić information content (AvgIpc) is 2.76. The molecule has 1 unspecified atom stereocenters. The van der Waals surface area contributed by atoms with Gasteiger partial charge in [-0.2, -0.15) is 0 Å². The number of benzene rings is 1. The minimum Gasteiger partial charge on any atom is -0.309 e. The maximum Gasteiger partial charge on any atom is 0.269 e. The summed E-state index contributed by atoms with van der Waals surface area (Å²) < 4.78 is 0. The lowest BCUT2D eigenvalue weighted by molar-refractivity contribution is -0.384. The topological polar surface area (TPSA) is 58.4 Å². The van der Waals surface area contributed by atoms with Gasteiger partial charge in [-0.05, 0) is 38.4 Å². The number of nitro benzene ring substituents is 1. The predicted molar refractivity (Wildman–Crippen MR) is 84.4 cm³/mol. The van der Waals surface area contributed by atoms with Gasteiger partial charge >= 0.3 is 0 Å². The van der Waals surface area contributed by atoms with Gasteiger partial charge in [0.25, 0.3) is 5.69 Å². The third kappa shape index (κ3) is 5.10. The van der Waals surface area contributed by atoms with E-state index < -0.39 is 0 Å². The molecule has 0 bridgehead atoms. The summed E-state index contributed by atoms with van der Waals surface area (Å²) in [6, 6.07) is 7.03. The minimum absolute atomic E-state index is 0.149. The summed E-state index contributed by atoms with van der Waals surface area (Å²) >= 11 is 0. The summed E-state index contributed by atoms with van der Waals surface area (Å²) in [7, 11) is 0. The zero-order valence-corrected chi connectivity index (χ0v) is 12.8. The molecule has 1 atom stereocenters. The monoisotopic (exact) mass is 291 g/mol. The Kier molecular flexibility index (Phi) is 6.14. The van der Waals surface area contributed by atoms with Crippen LogP contribution in [0, 0.1) is 10.1 Å². The molecule has 0 aliphatic carbocycles. The van der Waals surface area contributed by atoms with E-state index >= 15 is 0 Å². The summed E-state index contributed by atoms with van der Waals surface area (Å²) in [6.45, 7) is 6.57. The Morgan fingerprint density at radius 3 is 2.38 bits per heavy atom. The lowest BCUT2D eigenvalue weighted by Crippen LogP contribution is -2.33. The molecule has 5 nitrogen and oxygen atoms in total. The molecule has 1 aromatic carbocycles. The molecule has 1 heterocycles. The Labute approximate surface area is 126 Å². The second-order valence-corrected chi connectivity index (χ2v) is 5.78. The number of non-ortho nitro benzene ring substituents is 1. The van der Waals surface area contributed by atoms with Crippen molar-refractivity contribution in [2.24, 2.45) is 0 Å². The van der Waals surface area contributed by atoms with Crippen LogP contribution >= 0.6 is 0 Å². The predicted octanol–water partition coefficient (Wildman–Crippen LogP) is 3.12. The molecule has 1 aliphatic rings. The highest BCUT2D eigenvalue weighted by Gasteiger charge is 2.11. The fourth-order valence-electron chi connectivity index (χ4n) is 2.80. The summed E-state index contributed by atoms with van der Waals surface area (Å²) in [5.41, 5.74) is 1.24. The molecule has 0 radical (unpaired) electrons. The first-order chi connectivity index (χ1) is 10.2. The fraction of sp³-hybridized carbons (Fsp3) is 0.625. The SMILES string of the molecule is CC(NCCN1CCCCCC1)c1ccc([N+](=O)[O-])cc1. The summed E-state index contributed by atoms with van der Waals surface area (Å²) in [5.74, 6) is 0. The maximum atomic E-state index is 10.6. The Balaban J connectivity index is 1.75. The lowest BCUT2D eigenvalue weighted by Gasteiger charge is -2.21. The first kappa shape index (κ1) is 15.9. The Morgan fingerprint density at radius 1 is 1.19 bits per heavy atom. The van der Waals surface area contributed by atoms with Crippen molar-refractivity contribution in [3.8, 4) is 0 Å². The molecular weight excluding hydrogens is 266 g/mol. The van der Waals surface area contributed by atoms with Crippen LogP contribution in [-0.4, -0.2) is 36.0 Å². The van der Waals surface area contributed by atoms with E-state index in [0.29, 0.717) is 0 Å². The molecule has 21 heavy (non-hydrogen) atoms. The van der Waals surface area contributed by atoms with Gasteiger partial charge in [-0.15, -0.1) is 0 Å². The molecule has 1 fully saturated rings. The highest BCUT2D eigenvalue weighted by atomic mass is 16.6. The summed E-state index contributed by atoms with van der Waals surface area (Å²) in [6.07, 6.45) is 5.36. The van der Waals surface area contributed by atoms with E-state index in [9.17, 15) is 10.1 Å². The van der Waals surface area contributed by atoms with E-state index in [4.69, 9.17) is 0 Å². The largest absolute Gasteiger partial charge is 0.309 e. The Hall–Kier alpha value is -1.46. The molecule has 5 heteroatoms. The van der Waals surface area contributed by atoms with Crippen molar-refractivity contribution in [1.82, 2.24) is 10.2 Å². The highest BCUT2D eigenvalue weighted by molar-refractivity contribution is 5.33. The van der Waals surface area contributed by atoms with Crippen molar-refractivity contribution in [3.63, 3.8) is 0 Å². The van der Waals surface area contributed by atoms with E-state index in [2.05, 4.69) is 17.1 Å². The van der Waals surface area contributed by atoms with Gasteiger partial charge in [-0.1, -0.05) is 25.0 Å². The van der Waals surface area contributed by atoms with Crippen LogP contribution < -0.4 is 5.32 Å². The van der Waals surface area contributed by atoms with Gasteiger partial charge in [0.1, 0.15) is 0 Å². The number of nitro groups is 1. The smallest absolute Gasteiger partial charge is 0.269 e. The normalized spacial score (nSPS) is 18.1. The third-order valence-electron chi connectivity index (χ3n) is 4.18. The van der Waals surface area contributed by atoms with Crippen LogP contribution in [-0.2, 0) is 0 Å². The molecule has 2 rings (SSSR count). The molecule has 0 aromatic heterocycles. The lowest BCUT2D eigenvalue weighted by atomic mass is 10.1. The Bertz CT molecular complexity index is 439. The molecule has 0 saturated carbocycles. The van der Waals surface area contributed by atoms with Gasteiger partial charge in [0.2, 0.25) is 0 Å². The van der Waals surface area contributed by atoms with Crippen LogP contribution in [0.1, 0.15) is 44.2 Å². The average molecular weight is 291 g/mol. The second-order valence-electron chi connectivity index (χ2n) is 5.78. The number of nitrogens with one attached hydrogen (secondary N) is 1. The number of hydrogen-bond acceptors (Lipinski definition) is 4. The first-order valence-corrected chi connectivity index (χ1v) is 7.87. The van der Waals surface area contributed by atoms with Crippen LogP contribution in [0.3, 0.4) is 0 Å². The summed E-state index contributed by atoms with van der Waals surface area (Å²) in [5, 5.41) is 14.1. The van der Waals surface area contributed by atoms with Gasteiger partial charge in [-0.25, -0.2) is 0 Å². The van der Waals surface area contributed by atoms with Crippen LogP contribution in [0.5, 0.6) is 0 Å². The van der Waals surface area contributed by atoms with Crippen LogP contribution in [0.2, 0.25) is 0 Å². The third-order valence-corrected chi connectivity index (χ3v) is 4.18. The zero-order valence-electron chi connectivity index (χ0n) is 12.8. The van der Waals surface area contributed by atoms with Gasteiger partial charge in [0, 0.05) is 31.3 Å². The van der Waals surface area contributed by atoms with Gasteiger partial charge < -0.3 is 10.2 Å². The van der Waals surface area contributed by atoms with E-state index in [0.717, 1.165) is 18.7 Å². The first-order valence-electron chi connectivity index (χ1n) is 7.87. The van der Waals surface area contributed by atoms with Gasteiger partial charge in [0.15, 0.2) is 0 Å². The van der Waals surface area contributed by atoms with E-state index in [1.165, 1.54) is 38.8 Å². The van der Waals surface area contributed by atoms with Crippen molar-refractivity contribution in [1.29, 1.82) is 0 Å². The minimum atomic E-state index is -0.360. The van der Waals surface area contributed by atoms with E-state index in [-0.39, 0.29) is 16.7 Å². The zero-order chi connectivity index (χ0) is 15.1. The standard InChI is InChI=1S/C16H25N3O2/c1-14(15-6-8-16(9-7-15)19(20)21)17-10-13-18-11-4-2-3-5-12-18/h6-9,14,17H,2-5,10-13H2,1H3. The van der Waals surface area contributed by atoms with Crippen molar-refractivity contribution in [3.05, 3.63) is 39.9 Å². The fourth-order valence-corrected chi connectivity index (χ4v) is 2.80. The number of rotatable bonds is 6. The van der Waals surface area contributed by atoms with E-state index in [1.807, 2.05) is 12.1 Å². The molecule has 116 valence electrons. The number of hydrogen-bond donors (Lipinski definition) is 1. The number of likely N-dealkylation sites (tertiary alicyclic amines) is 1. The Morgan fingerprint density at radius 2 is 1.81 bits per heavy atom. The quantitative estimate of drug-likeness (QED) is 0.646. The van der Waals surface area contributed by atoms with Crippen LogP contribution in [0.25, 0.3) is 0 Å². The van der Waals surface area contributed by atoms with E-state index in [1.54, 1.807) is 12.1 Å². The molecule has 0 amide bonds. The molecule has 1 aliphatic heterocycles. The molecular formula is C16H25N3O2. The molecule has 0 spiro atoms. The van der Waals surface area contributed by atoms with Crippen molar-refractivity contribution >= 4 is 5.69 Å².